The minimum absolute atomic E-state index is 0.0129. The molecule has 2 rings (SSSR count). The van der Waals surface area contributed by atoms with Gasteiger partial charge >= 0.3 is 11.7 Å². The summed E-state index contributed by atoms with van der Waals surface area (Å²) in [6, 6.07) is -0.388. The lowest BCUT2D eigenvalue weighted by Gasteiger charge is -2.38. The molecule has 2 atom stereocenters. The molecule has 0 radical (unpaired) electrons. The van der Waals surface area contributed by atoms with Crippen molar-refractivity contribution in [1.82, 2.24) is 14.3 Å². The third-order valence-electron chi connectivity index (χ3n) is 4.33. The normalized spacial score (nSPS) is 25.6. The molecule has 2 N–H and O–H groups in total. The molecule has 1 fully saturated rings. The molecule has 1 aliphatic carbocycles. The van der Waals surface area contributed by atoms with Gasteiger partial charge in [-0.1, -0.05) is 12.8 Å². The van der Waals surface area contributed by atoms with Crippen molar-refractivity contribution < 1.29 is 9.90 Å². The highest BCUT2D eigenvalue weighted by atomic mass is 16.4. The predicted octanol–water partition coefficient (Wildman–Crippen LogP) is -0.0756. The highest BCUT2D eigenvalue weighted by Crippen LogP contribution is 2.37. The van der Waals surface area contributed by atoms with Gasteiger partial charge in [-0.15, -0.1) is 5.10 Å². The number of hydrogen-bond donors (Lipinski definition) is 2. The molecule has 1 aliphatic rings. The van der Waals surface area contributed by atoms with Crippen molar-refractivity contribution >= 4 is 11.8 Å². The summed E-state index contributed by atoms with van der Waals surface area (Å²) in [6.45, 7) is 1.68. The zero-order valence-electron chi connectivity index (χ0n) is 12.4. The van der Waals surface area contributed by atoms with Crippen molar-refractivity contribution in [1.29, 1.82) is 0 Å². The summed E-state index contributed by atoms with van der Waals surface area (Å²) in [7, 11) is 2.82. The maximum Gasteiger partial charge on any atom is 0.346 e. The number of nitrogens with zero attached hydrogens (tertiary/aromatic N) is 3. The number of rotatable bonds is 3. The highest BCUT2D eigenvalue weighted by Gasteiger charge is 2.43. The van der Waals surface area contributed by atoms with Crippen LogP contribution in [-0.4, -0.2) is 31.5 Å². The number of aliphatic carboxylic acids is 1. The lowest BCUT2D eigenvalue weighted by molar-refractivity contribution is -0.150. The van der Waals surface area contributed by atoms with E-state index >= 15 is 0 Å². The Morgan fingerprint density at radius 3 is 2.67 bits per heavy atom. The monoisotopic (exact) mass is 296 g/mol. The van der Waals surface area contributed by atoms with Crippen molar-refractivity contribution in [2.24, 2.45) is 19.5 Å². The number of hydrogen-bond acceptors (Lipinski definition) is 5. The average molecular weight is 296 g/mol. The summed E-state index contributed by atoms with van der Waals surface area (Å²) in [5, 5.41) is 16.3. The standard InChI is InChI=1S/C13H20N4O4/c1-13(11(19)20)7-5-4-6-8(13)14-9-10(18)16(2)12(21)17(3)15-9/h8H,4-7H2,1-3H3,(H,14,15)(H,19,20). The average Bonchev–Trinajstić information content (AvgIpc) is 2.44. The number of nitrogens with one attached hydrogen (secondary N) is 1. The molecule has 1 saturated carbocycles. The van der Waals surface area contributed by atoms with Crippen LogP contribution in [0.15, 0.2) is 9.59 Å². The maximum atomic E-state index is 12.1. The number of carbonyl (C=O) groups is 1. The van der Waals surface area contributed by atoms with Crippen LogP contribution in [0.4, 0.5) is 5.82 Å². The Hall–Kier alpha value is -2.12. The Bertz CT molecular complexity index is 678. The van der Waals surface area contributed by atoms with Crippen molar-refractivity contribution in [3.63, 3.8) is 0 Å². The molecular formula is C13H20N4O4. The van der Waals surface area contributed by atoms with E-state index in [1.807, 2.05) is 0 Å². The smallest absolute Gasteiger partial charge is 0.346 e. The Kier molecular flexibility index (Phi) is 3.89. The number of carboxylic acids is 1. The molecule has 0 amide bonds. The van der Waals surface area contributed by atoms with E-state index in [9.17, 15) is 19.5 Å². The summed E-state index contributed by atoms with van der Waals surface area (Å²) in [5.41, 5.74) is -2.01. The van der Waals surface area contributed by atoms with E-state index in [1.54, 1.807) is 6.92 Å². The Morgan fingerprint density at radius 1 is 1.38 bits per heavy atom. The summed E-state index contributed by atoms with van der Waals surface area (Å²) >= 11 is 0. The van der Waals surface area contributed by atoms with Gasteiger partial charge in [0.05, 0.1) is 5.41 Å². The second-order valence-corrected chi connectivity index (χ2v) is 5.78. The van der Waals surface area contributed by atoms with Crippen molar-refractivity contribution in [3.8, 4) is 0 Å². The summed E-state index contributed by atoms with van der Waals surface area (Å²) in [6.07, 6.45) is 2.94. The van der Waals surface area contributed by atoms with Gasteiger partial charge in [-0.25, -0.2) is 9.48 Å². The largest absolute Gasteiger partial charge is 0.481 e. The molecule has 1 aromatic rings. The zero-order chi connectivity index (χ0) is 15.8. The first-order chi connectivity index (χ1) is 9.77. The van der Waals surface area contributed by atoms with Crippen LogP contribution in [0.5, 0.6) is 0 Å². The summed E-state index contributed by atoms with van der Waals surface area (Å²) in [4.78, 5) is 35.2. The molecule has 0 aromatic carbocycles. The Labute approximate surface area is 121 Å². The fourth-order valence-electron chi connectivity index (χ4n) is 2.77. The lowest BCUT2D eigenvalue weighted by Crippen LogP contribution is -2.49. The Balaban J connectivity index is 2.39. The van der Waals surface area contributed by atoms with Gasteiger partial charge in [0, 0.05) is 20.1 Å². The highest BCUT2D eigenvalue weighted by molar-refractivity contribution is 5.76. The molecule has 8 heteroatoms. The fourth-order valence-corrected chi connectivity index (χ4v) is 2.77. The molecule has 0 saturated heterocycles. The third kappa shape index (κ3) is 2.57. The molecule has 116 valence electrons. The van der Waals surface area contributed by atoms with Crippen LogP contribution < -0.4 is 16.6 Å². The number of aromatic nitrogens is 3. The first-order valence-electron chi connectivity index (χ1n) is 6.91. The molecule has 2 unspecified atom stereocenters. The number of aryl methyl sites for hydroxylation is 1. The van der Waals surface area contributed by atoms with E-state index in [0.29, 0.717) is 12.8 Å². The van der Waals surface area contributed by atoms with E-state index in [-0.39, 0.29) is 11.9 Å². The summed E-state index contributed by atoms with van der Waals surface area (Å²) in [5.74, 6) is -0.875. The van der Waals surface area contributed by atoms with E-state index in [0.717, 1.165) is 22.1 Å². The first-order valence-corrected chi connectivity index (χ1v) is 6.91. The van der Waals surface area contributed by atoms with Gasteiger partial charge in [0.25, 0.3) is 5.56 Å². The van der Waals surface area contributed by atoms with Gasteiger partial charge in [0.2, 0.25) is 5.82 Å². The van der Waals surface area contributed by atoms with Crippen LogP contribution in [0.25, 0.3) is 0 Å². The number of carboxylic acid groups (broad SMARTS) is 1. The van der Waals surface area contributed by atoms with Crippen molar-refractivity contribution in [3.05, 3.63) is 20.8 Å². The van der Waals surface area contributed by atoms with E-state index in [2.05, 4.69) is 10.4 Å². The fraction of sp³-hybridized carbons (Fsp3) is 0.692. The SMILES string of the molecule is Cn1nc(NC2CCCCC2(C)C(=O)O)c(=O)n(C)c1=O. The van der Waals surface area contributed by atoms with Crippen LogP contribution in [0.3, 0.4) is 0 Å². The predicted molar refractivity (Wildman–Crippen MR) is 76.3 cm³/mol. The van der Waals surface area contributed by atoms with Gasteiger partial charge in [0.15, 0.2) is 0 Å². The molecule has 8 nitrogen and oxygen atoms in total. The van der Waals surface area contributed by atoms with Crippen molar-refractivity contribution in [2.45, 2.75) is 38.6 Å². The van der Waals surface area contributed by atoms with Gasteiger partial charge in [-0.2, -0.15) is 0 Å². The van der Waals surface area contributed by atoms with E-state index in [4.69, 9.17) is 0 Å². The topological polar surface area (TPSA) is 106 Å². The van der Waals surface area contributed by atoms with Crippen LogP contribution >= 0.6 is 0 Å². The van der Waals surface area contributed by atoms with E-state index < -0.39 is 22.6 Å². The molecule has 0 spiro atoms. The second kappa shape index (κ2) is 5.34. The molecule has 0 bridgehead atoms. The quantitative estimate of drug-likeness (QED) is 0.808. The molecular weight excluding hydrogens is 276 g/mol. The lowest BCUT2D eigenvalue weighted by atomic mass is 9.71. The minimum atomic E-state index is -0.945. The molecule has 0 aliphatic heterocycles. The van der Waals surface area contributed by atoms with Crippen LogP contribution in [0, 0.1) is 5.41 Å². The third-order valence-corrected chi connectivity index (χ3v) is 4.33. The molecule has 21 heavy (non-hydrogen) atoms. The van der Waals surface area contributed by atoms with Gasteiger partial charge in [-0.05, 0) is 19.8 Å². The zero-order valence-corrected chi connectivity index (χ0v) is 12.4. The summed E-state index contributed by atoms with van der Waals surface area (Å²) < 4.78 is 2.01. The molecule has 1 aromatic heterocycles. The van der Waals surface area contributed by atoms with Gasteiger partial charge in [0.1, 0.15) is 0 Å². The van der Waals surface area contributed by atoms with E-state index in [1.165, 1.54) is 14.1 Å². The van der Waals surface area contributed by atoms with Crippen LogP contribution in [0.2, 0.25) is 0 Å². The first kappa shape index (κ1) is 15.3. The Morgan fingerprint density at radius 2 is 2.05 bits per heavy atom. The van der Waals surface area contributed by atoms with Gasteiger partial charge < -0.3 is 10.4 Å². The van der Waals surface area contributed by atoms with Gasteiger partial charge in [-0.3, -0.25) is 14.2 Å². The number of anilines is 1. The maximum absolute atomic E-state index is 12.1. The second-order valence-electron chi connectivity index (χ2n) is 5.78. The van der Waals surface area contributed by atoms with Crippen molar-refractivity contribution in [2.75, 3.05) is 5.32 Å². The van der Waals surface area contributed by atoms with Crippen LogP contribution in [0.1, 0.15) is 32.6 Å². The molecule has 1 heterocycles. The minimum Gasteiger partial charge on any atom is -0.481 e. The van der Waals surface area contributed by atoms with Crippen LogP contribution in [-0.2, 0) is 18.9 Å².